The maximum absolute atomic E-state index is 12.9. The number of methoxy groups -OCH3 is 2. The van der Waals surface area contributed by atoms with Crippen LogP contribution >= 0.6 is 35.1 Å². The number of benzene rings is 4. The van der Waals surface area contributed by atoms with Gasteiger partial charge >= 0.3 is 30.1 Å². The van der Waals surface area contributed by atoms with Crippen molar-refractivity contribution in [1.82, 2.24) is 25.9 Å². The molecule has 0 spiro atoms. The van der Waals surface area contributed by atoms with Gasteiger partial charge < -0.3 is 55.2 Å². The monoisotopic (exact) mass is 1090 g/mol. The first kappa shape index (κ1) is 58.3. The minimum Gasteiger partial charge on any atom is -0.495 e. The third-order valence-corrected chi connectivity index (χ3v) is 12.6. The summed E-state index contributed by atoms with van der Waals surface area (Å²) < 4.78 is 32.8. The lowest BCUT2D eigenvalue weighted by Crippen LogP contribution is -2.49. The molecule has 3 amide bonds. The minimum absolute atomic E-state index is 0. The van der Waals surface area contributed by atoms with Crippen LogP contribution in [0.3, 0.4) is 0 Å². The Bertz CT molecular complexity index is 3140. The topological polar surface area (TPSA) is 266 Å². The highest BCUT2D eigenvalue weighted by Gasteiger charge is 2.26. The maximum Gasteiger partial charge on any atom is 0.408 e. The van der Waals surface area contributed by atoms with Gasteiger partial charge in [0.1, 0.15) is 54.9 Å². The molecule has 2 atom stereocenters. The van der Waals surface area contributed by atoms with Crippen LogP contribution in [0.1, 0.15) is 41.6 Å². The van der Waals surface area contributed by atoms with Crippen molar-refractivity contribution >= 4 is 91.5 Å². The molecule has 0 radical (unpaired) electrons. The molecule has 0 unspecified atom stereocenters. The number of carbonyl (C=O) groups is 6. The maximum atomic E-state index is 12.9. The van der Waals surface area contributed by atoms with Crippen LogP contribution in [0.2, 0.25) is 0 Å². The average Bonchev–Trinajstić information content (AvgIpc) is 4.11. The van der Waals surface area contributed by atoms with Gasteiger partial charge in [0.2, 0.25) is 0 Å². The number of thiophene rings is 2. The highest BCUT2D eigenvalue weighted by Crippen LogP contribution is 2.33. The fourth-order valence-electron chi connectivity index (χ4n) is 6.53. The molecule has 0 saturated heterocycles. The molecular formula is C54H53ClN6O13S2. The molecule has 0 bridgehead atoms. The Labute approximate surface area is 450 Å². The second-order valence-electron chi connectivity index (χ2n) is 15.6. The standard InChI is InChI=1S/C27H25N3O6S.C18H20N2O4.C9H7NO3S.ClH/c1-34-22-12-13-28-20-14-23(37-24(20)22)25(31)29-15-21(26(32)35-16-18-8-4-2-5-9-18)30-27(33)36-17-19-10-6-3-7-11-19;19-11-16(17(21)23-12-14-7-3-1-4-8-14)20-18(22)24-13-15-9-5-2-6-10-15;1-13-6-2-3-10-5-4-7(9(11)12)14-8(5)6;/h2-14,21H,15-17H2,1H3,(H,29,31)(H,30,33);1-10,16H,11-13,19H2,(H,20,22);2-4H,1H3,(H,11,12);1H/t21-;16-;;/m11../s1. The van der Waals surface area contributed by atoms with E-state index in [1.54, 1.807) is 50.9 Å². The second kappa shape index (κ2) is 30.5. The van der Waals surface area contributed by atoms with Crippen molar-refractivity contribution in [2.45, 2.75) is 38.5 Å². The number of pyridine rings is 2. The first-order valence-electron chi connectivity index (χ1n) is 22.9. The SMILES string of the molecule is COc1ccnc2cc(C(=O)NC[C@@H](NC(=O)OCc3ccccc3)C(=O)OCc3ccccc3)sc12.COc1ccnc2cc(C(=O)O)sc12.Cl.NC[C@@H](NC(=O)OCc1ccccc1)C(=O)OCc1ccccc1. The zero-order chi connectivity index (χ0) is 53.4. The van der Waals surface area contributed by atoms with Gasteiger partial charge in [-0.3, -0.25) is 14.8 Å². The molecule has 8 rings (SSSR count). The van der Waals surface area contributed by atoms with Crippen LogP contribution in [-0.2, 0) is 55.0 Å². The van der Waals surface area contributed by atoms with Crippen molar-refractivity contribution in [3.8, 4) is 11.5 Å². The summed E-state index contributed by atoms with van der Waals surface area (Å²) in [5.41, 5.74) is 10.1. The van der Waals surface area contributed by atoms with Gasteiger partial charge in [-0.2, -0.15) is 0 Å². The summed E-state index contributed by atoms with van der Waals surface area (Å²) in [6.45, 7) is 0.00772. The number of nitrogens with one attached hydrogen (secondary N) is 3. The summed E-state index contributed by atoms with van der Waals surface area (Å²) in [5.74, 6) is -1.40. The molecule has 4 heterocycles. The lowest BCUT2D eigenvalue weighted by Gasteiger charge is -2.18. The quantitative estimate of drug-likeness (QED) is 0.0375. The lowest BCUT2D eigenvalue weighted by molar-refractivity contribution is -0.148. The molecular weight excluding hydrogens is 1040 g/mol. The van der Waals surface area contributed by atoms with Gasteiger partial charge in [-0.25, -0.2) is 24.0 Å². The fraction of sp³-hybridized carbons (Fsp3) is 0.185. The van der Waals surface area contributed by atoms with Crippen LogP contribution in [-0.4, -0.2) is 90.5 Å². The molecule has 6 N–H and O–H groups in total. The number of carboxylic acids is 1. The van der Waals surface area contributed by atoms with Crippen LogP contribution in [0.15, 0.2) is 158 Å². The predicted molar refractivity (Wildman–Crippen MR) is 288 cm³/mol. The number of alkyl carbamates (subject to hydrolysis) is 2. The molecule has 0 saturated carbocycles. The van der Waals surface area contributed by atoms with Gasteiger partial charge in [-0.05, 0) is 46.5 Å². The normalized spacial score (nSPS) is 11.0. The highest BCUT2D eigenvalue weighted by molar-refractivity contribution is 7.21. The zero-order valence-corrected chi connectivity index (χ0v) is 43.4. The van der Waals surface area contributed by atoms with Gasteiger partial charge in [-0.15, -0.1) is 35.1 Å². The number of amides is 3. The second-order valence-corrected chi connectivity index (χ2v) is 17.7. The number of fused-ring (bicyclic) bond motifs is 2. The molecule has 0 aliphatic rings. The fourth-order valence-corrected chi connectivity index (χ4v) is 8.50. The van der Waals surface area contributed by atoms with Crippen molar-refractivity contribution in [3.63, 3.8) is 0 Å². The van der Waals surface area contributed by atoms with Gasteiger partial charge in [0.15, 0.2) is 0 Å². The molecule has 8 aromatic rings. The number of aromatic nitrogens is 2. The molecule has 19 nitrogen and oxygen atoms in total. The highest BCUT2D eigenvalue weighted by atomic mass is 35.5. The lowest BCUT2D eigenvalue weighted by atomic mass is 10.2. The zero-order valence-electron chi connectivity index (χ0n) is 41.0. The van der Waals surface area contributed by atoms with E-state index in [1.807, 2.05) is 121 Å². The Hall–Kier alpha value is -8.63. The summed E-state index contributed by atoms with van der Waals surface area (Å²) >= 11 is 2.39. The van der Waals surface area contributed by atoms with Crippen LogP contribution in [0.4, 0.5) is 9.59 Å². The number of esters is 2. The molecule has 0 aliphatic heterocycles. The molecule has 0 fully saturated rings. The van der Waals surface area contributed by atoms with Crippen LogP contribution in [0.5, 0.6) is 11.5 Å². The third kappa shape index (κ3) is 18.1. The largest absolute Gasteiger partial charge is 0.495 e. The van der Waals surface area contributed by atoms with Gasteiger partial charge in [0.05, 0.1) is 39.5 Å². The van der Waals surface area contributed by atoms with E-state index < -0.39 is 48.1 Å². The Kier molecular flexibility index (Phi) is 23.4. The van der Waals surface area contributed by atoms with E-state index in [0.29, 0.717) is 27.4 Å². The van der Waals surface area contributed by atoms with Crippen molar-refractivity contribution in [2.24, 2.45) is 5.73 Å². The van der Waals surface area contributed by atoms with Gasteiger partial charge in [0, 0.05) is 25.5 Å². The number of halogens is 1. The van der Waals surface area contributed by atoms with Crippen molar-refractivity contribution < 1.29 is 62.3 Å². The van der Waals surface area contributed by atoms with Crippen LogP contribution < -0.4 is 31.2 Å². The molecule has 4 aromatic heterocycles. The molecule has 0 aliphatic carbocycles. The number of rotatable bonds is 19. The molecule has 4 aromatic carbocycles. The van der Waals surface area contributed by atoms with E-state index in [2.05, 4.69) is 25.9 Å². The van der Waals surface area contributed by atoms with E-state index in [0.717, 1.165) is 31.7 Å². The summed E-state index contributed by atoms with van der Waals surface area (Å²) in [4.78, 5) is 81.6. The number of hydrogen-bond acceptors (Lipinski definition) is 17. The number of nitrogens with two attached hydrogens (primary N) is 1. The van der Waals surface area contributed by atoms with Gasteiger partial charge in [-0.1, -0.05) is 121 Å². The average molecular weight is 1090 g/mol. The number of carboxylic acid groups (broad SMARTS) is 1. The number of ether oxygens (including phenoxy) is 6. The summed E-state index contributed by atoms with van der Waals surface area (Å²) in [6.07, 6.45) is 1.67. The van der Waals surface area contributed by atoms with E-state index in [1.165, 1.54) is 22.7 Å². The summed E-state index contributed by atoms with van der Waals surface area (Å²) in [6, 6.07) is 41.3. The van der Waals surface area contributed by atoms with Crippen LogP contribution in [0, 0.1) is 0 Å². The summed E-state index contributed by atoms with van der Waals surface area (Å²) in [5, 5.41) is 16.4. The Balaban J connectivity index is 0.000000233. The van der Waals surface area contributed by atoms with E-state index in [-0.39, 0.29) is 56.8 Å². The van der Waals surface area contributed by atoms with E-state index in [4.69, 9.17) is 39.3 Å². The first-order chi connectivity index (χ1) is 36.4. The van der Waals surface area contributed by atoms with Crippen molar-refractivity contribution in [3.05, 3.63) is 190 Å². The Morgan fingerprint density at radius 2 is 0.908 bits per heavy atom. The number of hydrogen-bond donors (Lipinski definition) is 5. The smallest absolute Gasteiger partial charge is 0.408 e. The number of nitrogens with zero attached hydrogens (tertiary/aromatic N) is 2. The number of carbonyl (C=O) groups excluding carboxylic acids is 5. The minimum atomic E-state index is -1.17. The summed E-state index contributed by atoms with van der Waals surface area (Å²) in [7, 11) is 3.09. The molecule has 22 heteroatoms. The first-order valence-corrected chi connectivity index (χ1v) is 24.5. The van der Waals surface area contributed by atoms with E-state index >= 15 is 0 Å². The van der Waals surface area contributed by atoms with Gasteiger partial charge in [0.25, 0.3) is 5.91 Å². The Morgan fingerprint density at radius 3 is 1.30 bits per heavy atom. The Morgan fingerprint density at radius 1 is 0.539 bits per heavy atom. The van der Waals surface area contributed by atoms with Crippen LogP contribution in [0.25, 0.3) is 20.4 Å². The predicted octanol–water partition coefficient (Wildman–Crippen LogP) is 8.48. The molecule has 396 valence electrons. The number of aromatic carboxylic acids is 1. The van der Waals surface area contributed by atoms with Crippen molar-refractivity contribution in [2.75, 3.05) is 27.3 Å². The third-order valence-electron chi connectivity index (χ3n) is 10.4. The van der Waals surface area contributed by atoms with Crippen molar-refractivity contribution in [1.29, 1.82) is 0 Å². The van der Waals surface area contributed by atoms with E-state index in [9.17, 15) is 28.8 Å². The molecule has 76 heavy (non-hydrogen) atoms.